The Balaban J connectivity index is 1.77. The molecular weight excluding hydrogens is 328 g/mol. The van der Waals surface area contributed by atoms with Crippen molar-refractivity contribution in [3.63, 3.8) is 0 Å². The van der Waals surface area contributed by atoms with Crippen molar-refractivity contribution in [2.24, 2.45) is 0 Å². The number of nitrogens with one attached hydrogen (secondary N) is 1. The number of hydrogen-bond donors (Lipinski definition) is 1. The second-order valence-corrected chi connectivity index (χ2v) is 7.11. The molecule has 2 rings (SSSR count). The van der Waals surface area contributed by atoms with Crippen LogP contribution < -0.4 is 5.32 Å². The molecule has 1 aromatic carbocycles. The van der Waals surface area contributed by atoms with Gasteiger partial charge >= 0.3 is 0 Å². The molecule has 0 aromatic heterocycles. The molecule has 0 aliphatic carbocycles. The summed E-state index contributed by atoms with van der Waals surface area (Å²) in [4.78, 5) is 16.2. The SMILES string of the molecule is CN(CC(=O)NCC(C)(C)N1CCOCC1)Cc1ccc(F)c(F)c1. The van der Waals surface area contributed by atoms with E-state index in [1.165, 1.54) is 6.07 Å². The Kier molecular flexibility index (Phi) is 6.87. The molecule has 1 heterocycles. The van der Waals surface area contributed by atoms with Crippen LogP contribution in [-0.4, -0.2) is 67.7 Å². The number of carbonyl (C=O) groups excluding carboxylic acids is 1. The van der Waals surface area contributed by atoms with Gasteiger partial charge in [0.1, 0.15) is 0 Å². The summed E-state index contributed by atoms with van der Waals surface area (Å²) in [7, 11) is 1.77. The van der Waals surface area contributed by atoms with E-state index in [2.05, 4.69) is 24.1 Å². The van der Waals surface area contributed by atoms with Crippen molar-refractivity contribution in [2.45, 2.75) is 25.9 Å². The number of hydrogen-bond acceptors (Lipinski definition) is 4. The Morgan fingerprint density at radius 2 is 1.96 bits per heavy atom. The monoisotopic (exact) mass is 355 g/mol. The van der Waals surface area contributed by atoms with E-state index in [1.807, 2.05) is 0 Å². The number of morpholine rings is 1. The minimum absolute atomic E-state index is 0.0913. The first-order valence-electron chi connectivity index (χ1n) is 8.50. The molecule has 25 heavy (non-hydrogen) atoms. The molecule has 5 nitrogen and oxygen atoms in total. The van der Waals surface area contributed by atoms with E-state index in [9.17, 15) is 13.6 Å². The third-order valence-corrected chi connectivity index (χ3v) is 4.44. The van der Waals surface area contributed by atoms with Crippen molar-refractivity contribution in [3.8, 4) is 0 Å². The predicted octanol–water partition coefficient (Wildman–Crippen LogP) is 1.62. The Morgan fingerprint density at radius 3 is 2.60 bits per heavy atom. The second-order valence-electron chi connectivity index (χ2n) is 7.11. The van der Waals surface area contributed by atoms with Gasteiger partial charge in [0.05, 0.1) is 19.8 Å². The minimum atomic E-state index is -0.873. The highest BCUT2D eigenvalue weighted by molar-refractivity contribution is 5.78. The van der Waals surface area contributed by atoms with Crippen LogP contribution in [0.4, 0.5) is 8.78 Å². The van der Waals surface area contributed by atoms with Gasteiger partial charge in [-0.15, -0.1) is 0 Å². The molecule has 0 atom stereocenters. The Labute approximate surface area is 147 Å². The number of likely N-dealkylation sites (N-methyl/N-ethyl adjacent to an activating group) is 1. The highest BCUT2D eigenvalue weighted by Gasteiger charge is 2.28. The maximum Gasteiger partial charge on any atom is 0.234 e. The Morgan fingerprint density at radius 1 is 1.28 bits per heavy atom. The van der Waals surface area contributed by atoms with Crippen molar-refractivity contribution in [3.05, 3.63) is 35.4 Å². The summed E-state index contributed by atoms with van der Waals surface area (Å²) in [5.41, 5.74) is 0.487. The topological polar surface area (TPSA) is 44.8 Å². The van der Waals surface area contributed by atoms with Crippen LogP contribution in [0.1, 0.15) is 19.4 Å². The largest absolute Gasteiger partial charge is 0.379 e. The molecule has 1 aliphatic heterocycles. The first-order valence-corrected chi connectivity index (χ1v) is 8.50. The second kappa shape index (κ2) is 8.69. The maximum atomic E-state index is 13.2. The molecule has 0 bridgehead atoms. The van der Waals surface area contributed by atoms with Crippen LogP contribution in [0.3, 0.4) is 0 Å². The van der Waals surface area contributed by atoms with Gasteiger partial charge in [0.2, 0.25) is 5.91 Å². The third-order valence-electron chi connectivity index (χ3n) is 4.44. The Hall–Kier alpha value is -1.57. The van der Waals surface area contributed by atoms with Crippen LogP contribution >= 0.6 is 0 Å². The van der Waals surface area contributed by atoms with E-state index >= 15 is 0 Å². The van der Waals surface area contributed by atoms with Crippen LogP contribution in [0, 0.1) is 11.6 Å². The number of ether oxygens (including phenoxy) is 1. The number of amides is 1. The molecule has 140 valence electrons. The summed E-state index contributed by atoms with van der Waals surface area (Å²) in [6.45, 7) is 8.47. The summed E-state index contributed by atoms with van der Waals surface area (Å²) in [6, 6.07) is 3.78. The lowest BCUT2D eigenvalue weighted by Gasteiger charge is -2.40. The molecular formula is C18H27F2N3O2. The first-order chi connectivity index (χ1) is 11.8. The molecule has 1 aliphatic rings. The molecule has 1 N–H and O–H groups in total. The molecule has 0 spiro atoms. The first kappa shape index (κ1) is 19.8. The molecule has 0 radical (unpaired) electrons. The fraction of sp³-hybridized carbons (Fsp3) is 0.611. The molecule has 1 aromatic rings. The molecule has 1 saturated heterocycles. The van der Waals surface area contributed by atoms with E-state index < -0.39 is 11.6 Å². The quantitative estimate of drug-likeness (QED) is 0.807. The van der Waals surface area contributed by atoms with Crippen molar-refractivity contribution in [1.29, 1.82) is 0 Å². The van der Waals surface area contributed by atoms with Crippen LogP contribution in [0.25, 0.3) is 0 Å². The molecule has 7 heteroatoms. The molecule has 0 saturated carbocycles. The van der Waals surface area contributed by atoms with Gasteiger partial charge in [-0.1, -0.05) is 6.07 Å². The minimum Gasteiger partial charge on any atom is -0.379 e. The average molecular weight is 355 g/mol. The van der Waals surface area contributed by atoms with Crippen LogP contribution in [0.2, 0.25) is 0 Å². The van der Waals surface area contributed by atoms with Crippen molar-refractivity contribution in [2.75, 3.05) is 46.4 Å². The number of halogens is 2. The summed E-state index contributed by atoms with van der Waals surface area (Å²) in [6.07, 6.45) is 0. The van der Waals surface area contributed by atoms with E-state index in [4.69, 9.17) is 4.74 Å². The Bertz CT molecular complexity index is 590. The lowest BCUT2D eigenvalue weighted by Crippen LogP contribution is -2.56. The van der Waals surface area contributed by atoms with E-state index in [0.717, 1.165) is 25.2 Å². The van der Waals surface area contributed by atoms with Gasteiger partial charge in [-0.3, -0.25) is 14.6 Å². The van der Waals surface area contributed by atoms with Gasteiger partial charge < -0.3 is 10.1 Å². The van der Waals surface area contributed by atoms with Gasteiger partial charge in [-0.2, -0.15) is 0 Å². The normalized spacial score (nSPS) is 16.2. The highest BCUT2D eigenvalue weighted by Crippen LogP contribution is 2.15. The van der Waals surface area contributed by atoms with Gasteiger partial charge in [-0.05, 0) is 38.6 Å². The zero-order valence-corrected chi connectivity index (χ0v) is 15.1. The highest BCUT2D eigenvalue weighted by atomic mass is 19.2. The smallest absolute Gasteiger partial charge is 0.234 e. The zero-order chi connectivity index (χ0) is 18.4. The maximum absolute atomic E-state index is 13.2. The molecule has 1 amide bonds. The third kappa shape index (κ3) is 6.02. The average Bonchev–Trinajstić information content (AvgIpc) is 2.57. The summed E-state index contributed by atoms with van der Waals surface area (Å²) >= 11 is 0. The van der Waals surface area contributed by atoms with E-state index in [0.29, 0.717) is 31.9 Å². The number of nitrogens with zero attached hydrogens (tertiary/aromatic N) is 2. The fourth-order valence-electron chi connectivity index (χ4n) is 2.90. The lowest BCUT2D eigenvalue weighted by molar-refractivity contribution is -0.122. The number of rotatable bonds is 7. The van der Waals surface area contributed by atoms with Crippen LogP contribution in [0.5, 0.6) is 0 Å². The van der Waals surface area contributed by atoms with Gasteiger partial charge in [-0.25, -0.2) is 8.78 Å². The van der Waals surface area contributed by atoms with Gasteiger partial charge in [0.25, 0.3) is 0 Å². The number of carbonyl (C=O) groups is 1. The van der Waals surface area contributed by atoms with Gasteiger partial charge in [0, 0.05) is 31.7 Å². The predicted molar refractivity (Wildman–Crippen MR) is 92.2 cm³/mol. The van der Waals surface area contributed by atoms with Crippen molar-refractivity contribution < 1.29 is 18.3 Å². The molecule has 0 unspecified atom stereocenters. The summed E-state index contributed by atoms with van der Waals surface area (Å²) in [5, 5.41) is 2.96. The summed E-state index contributed by atoms with van der Waals surface area (Å²) in [5.74, 6) is -1.83. The van der Waals surface area contributed by atoms with Crippen LogP contribution in [-0.2, 0) is 16.1 Å². The van der Waals surface area contributed by atoms with E-state index in [-0.39, 0.29) is 18.0 Å². The fourth-order valence-corrected chi connectivity index (χ4v) is 2.90. The molecule has 1 fully saturated rings. The zero-order valence-electron chi connectivity index (χ0n) is 15.1. The van der Waals surface area contributed by atoms with Crippen molar-refractivity contribution >= 4 is 5.91 Å². The lowest BCUT2D eigenvalue weighted by atomic mass is 10.0. The van der Waals surface area contributed by atoms with E-state index in [1.54, 1.807) is 11.9 Å². The van der Waals surface area contributed by atoms with Gasteiger partial charge in [0.15, 0.2) is 11.6 Å². The standard InChI is InChI=1S/C18H27F2N3O2/c1-18(2,23-6-8-25-9-7-23)13-21-17(24)12-22(3)11-14-4-5-15(19)16(20)10-14/h4-5,10H,6-9,11-13H2,1-3H3,(H,21,24). The number of benzene rings is 1. The summed E-state index contributed by atoms with van der Waals surface area (Å²) < 4.78 is 31.5. The van der Waals surface area contributed by atoms with Crippen molar-refractivity contribution in [1.82, 2.24) is 15.1 Å². The van der Waals surface area contributed by atoms with Crippen LogP contribution in [0.15, 0.2) is 18.2 Å².